The predicted octanol–water partition coefficient (Wildman–Crippen LogP) is 2.69. The third-order valence-electron chi connectivity index (χ3n) is 3.64. The number of nitrogens with one attached hydrogen (secondary N) is 2. The Bertz CT molecular complexity index is 519. The van der Waals surface area contributed by atoms with Gasteiger partial charge in [-0.2, -0.15) is 0 Å². The van der Waals surface area contributed by atoms with Crippen LogP contribution in [0.15, 0.2) is 22.8 Å². The molecule has 0 aromatic carbocycles. The number of ether oxygens (including phenoxy) is 1. The predicted molar refractivity (Wildman–Crippen MR) is 96.2 cm³/mol. The van der Waals surface area contributed by atoms with Gasteiger partial charge in [-0.3, -0.25) is 9.69 Å². The summed E-state index contributed by atoms with van der Waals surface area (Å²) in [6.07, 6.45) is 1.32. The molecule has 1 atom stereocenters. The van der Waals surface area contributed by atoms with Gasteiger partial charge in [0, 0.05) is 19.5 Å². The van der Waals surface area contributed by atoms with Gasteiger partial charge in [0.2, 0.25) is 5.91 Å². The number of alkyl carbamates (subject to hydrolysis) is 1. The molecular formula is C18H31N3O4. The molecule has 0 aliphatic heterocycles. The second-order valence-corrected chi connectivity index (χ2v) is 6.74. The van der Waals surface area contributed by atoms with Crippen LogP contribution in [0.5, 0.6) is 0 Å². The van der Waals surface area contributed by atoms with E-state index in [2.05, 4.69) is 29.4 Å². The largest absolute Gasteiger partial charge is 0.468 e. The fraction of sp³-hybridized carbons (Fsp3) is 0.667. The van der Waals surface area contributed by atoms with E-state index in [-0.39, 0.29) is 24.9 Å². The number of hydrogen-bond donors (Lipinski definition) is 2. The summed E-state index contributed by atoms with van der Waals surface area (Å²) in [4.78, 5) is 25.8. The van der Waals surface area contributed by atoms with Crippen molar-refractivity contribution in [2.45, 2.75) is 52.7 Å². The minimum atomic E-state index is -0.549. The first-order valence-corrected chi connectivity index (χ1v) is 8.77. The summed E-state index contributed by atoms with van der Waals surface area (Å²) in [6.45, 7) is 11.9. The van der Waals surface area contributed by atoms with Crippen LogP contribution in [0.3, 0.4) is 0 Å². The number of rotatable bonds is 9. The van der Waals surface area contributed by atoms with E-state index in [9.17, 15) is 9.59 Å². The fourth-order valence-electron chi connectivity index (χ4n) is 2.45. The Morgan fingerprint density at radius 1 is 1.24 bits per heavy atom. The molecule has 0 saturated heterocycles. The van der Waals surface area contributed by atoms with Gasteiger partial charge in [0.05, 0.1) is 12.3 Å². The molecule has 1 aromatic heterocycles. The molecule has 25 heavy (non-hydrogen) atoms. The average Bonchev–Trinajstić information content (AvgIpc) is 3.03. The van der Waals surface area contributed by atoms with Crippen LogP contribution >= 0.6 is 0 Å². The molecular weight excluding hydrogens is 322 g/mol. The van der Waals surface area contributed by atoms with Gasteiger partial charge in [0.1, 0.15) is 11.4 Å². The molecule has 1 aromatic rings. The van der Waals surface area contributed by atoms with Gasteiger partial charge >= 0.3 is 6.09 Å². The van der Waals surface area contributed by atoms with Crippen LogP contribution in [-0.4, -0.2) is 48.7 Å². The van der Waals surface area contributed by atoms with Crippen molar-refractivity contribution in [3.63, 3.8) is 0 Å². The monoisotopic (exact) mass is 353 g/mol. The normalized spacial score (nSPS) is 12.7. The van der Waals surface area contributed by atoms with Crippen LogP contribution < -0.4 is 10.6 Å². The van der Waals surface area contributed by atoms with Crippen molar-refractivity contribution in [2.24, 2.45) is 0 Å². The molecule has 0 spiro atoms. The molecule has 0 saturated carbocycles. The van der Waals surface area contributed by atoms with Crippen LogP contribution in [0.2, 0.25) is 0 Å². The smallest absolute Gasteiger partial charge is 0.407 e. The molecule has 1 unspecified atom stereocenters. The molecule has 0 aliphatic carbocycles. The van der Waals surface area contributed by atoms with Crippen LogP contribution in [0.1, 0.15) is 52.8 Å². The van der Waals surface area contributed by atoms with Crippen molar-refractivity contribution < 1.29 is 18.7 Å². The van der Waals surface area contributed by atoms with E-state index in [4.69, 9.17) is 9.15 Å². The molecule has 2 amide bonds. The van der Waals surface area contributed by atoms with Crippen LogP contribution in [0.25, 0.3) is 0 Å². The first-order chi connectivity index (χ1) is 11.8. The zero-order chi connectivity index (χ0) is 18.9. The lowest BCUT2D eigenvalue weighted by atomic mass is 10.2. The highest BCUT2D eigenvalue weighted by molar-refractivity contribution is 5.77. The summed E-state index contributed by atoms with van der Waals surface area (Å²) in [6, 6.07) is 3.75. The Balaban J connectivity index is 2.41. The summed E-state index contributed by atoms with van der Waals surface area (Å²) in [5.74, 6) is 0.704. The van der Waals surface area contributed by atoms with Crippen LogP contribution in [0, 0.1) is 0 Å². The molecule has 2 N–H and O–H groups in total. The summed E-state index contributed by atoms with van der Waals surface area (Å²) < 4.78 is 10.6. The maximum Gasteiger partial charge on any atom is 0.407 e. The van der Waals surface area contributed by atoms with Gasteiger partial charge in [-0.25, -0.2) is 4.79 Å². The van der Waals surface area contributed by atoms with Gasteiger partial charge in [0.25, 0.3) is 0 Å². The lowest BCUT2D eigenvalue weighted by Gasteiger charge is -2.28. The summed E-state index contributed by atoms with van der Waals surface area (Å²) in [7, 11) is 0. The van der Waals surface area contributed by atoms with Crippen LogP contribution in [-0.2, 0) is 9.53 Å². The number of carbonyl (C=O) groups is 2. The number of nitrogens with zero attached hydrogens (tertiary/aromatic N) is 1. The third-order valence-corrected chi connectivity index (χ3v) is 3.64. The lowest BCUT2D eigenvalue weighted by molar-refractivity contribution is -0.121. The van der Waals surface area contributed by atoms with Gasteiger partial charge in [-0.1, -0.05) is 13.8 Å². The maximum atomic E-state index is 12.0. The van der Waals surface area contributed by atoms with E-state index >= 15 is 0 Å². The Kier molecular flexibility index (Phi) is 8.48. The SMILES string of the molecule is CCN(CC)C(CNC(=O)CCNC(=O)OC(C)(C)C)c1ccco1. The molecule has 1 heterocycles. The van der Waals surface area contributed by atoms with Gasteiger partial charge < -0.3 is 19.8 Å². The lowest BCUT2D eigenvalue weighted by Crippen LogP contribution is -2.39. The molecule has 7 nitrogen and oxygen atoms in total. The van der Waals surface area contributed by atoms with Crippen molar-refractivity contribution in [3.05, 3.63) is 24.2 Å². The minimum Gasteiger partial charge on any atom is -0.468 e. The molecule has 0 aliphatic rings. The number of amides is 2. The standard InChI is InChI=1S/C18H31N3O4/c1-6-21(7-2)14(15-9-8-12-24-15)13-20-16(22)10-11-19-17(23)25-18(3,4)5/h8-9,12,14H,6-7,10-11,13H2,1-5H3,(H,19,23)(H,20,22). The Labute approximate surface area is 150 Å². The molecule has 1 rings (SSSR count). The van der Waals surface area contributed by atoms with E-state index in [0.717, 1.165) is 18.8 Å². The molecule has 0 fully saturated rings. The van der Waals surface area contributed by atoms with E-state index in [1.54, 1.807) is 27.0 Å². The van der Waals surface area contributed by atoms with E-state index in [0.29, 0.717) is 6.54 Å². The third kappa shape index (κ3) is 8.07. The quantitative estimate of drug-likeness (QED) is 0.713. The molecule has 0 radical (unpaired) electrons. The molecule has 142 valence electrons. The Morgan fingerprint density at radius 2 is 1.92 bits per heavy atom. The Morgan fingerprint density at radius 3 is 2.44 bits per heavy atom. The number of hydrogen-bond acceptors (Lipinski definition) is 5. The van der Waals surface area contributed by atoms with Crippen molar-refractivity contribution in [1.82, 2.24) is 15.5 Å². The van der Waals surface area contributed by atoms with E-state index in [1.165, 1.54) is 0 Å². The van der Waals surface area contributed by atoms with Crippen molar-refractivity contribution >= 4 is 12.0 Å². The van der Waals surface area contributed by atoms with E-state index < -0.39 is 11.7 Å². The number of likely N-dealkylation sites (N-methyl/N-ethyl adjacent to an activating group) is 1. The van der Waals surface area contributed by atoms with Crippen molar-refractivity contribution in [3.8, 4) is 0 Å². The zero-order valence-corrected chi connectivity index (χ0v) is 15.9. The minimum absolute atomic E-state index is 0.00670. The van der Waals surface area contributed by atoms with Gasteiger partial charge in [-0.05, 0) is 46.0 Å². The topological polar surface area (TPSA) is 83.8 Å². The van der Waals surface area contributed by atoms with Crippen molar-refractivity contribution in [1.29, 1.82) is 0 Å². The Hall–Kier alpha value is -2.02. The van der Waals surface area contributed by atoms with Gasteiger partial charge in [-0.15, -0.1) is 0 Å². The molecule has 7 heteroatoms. The highest BCUT2D eigenvalue weighted by atomic mass is 16.6. The highest BCUT2D eigenvalue weighted by Gasteiger charge is 2.21. The first-order valence-electron chi connectivity index (χ1n) is 8.77. The second-order valence-electron chi connectivity index (χ2n) is 6.74. The second kappa shape index (κ2) is 10.1. The van der Waals surface area contributed by atoms with Gasteiger partial charge in [0.15, 0.2) is 0 Å². The zero-order valence-electron chi connectivity index (χ0n) is 15.9. The number of furan rings is 1. The van der Waals surface area contributed by atoms with Crippen molar-refractivity contribution in [2.75, 3.05) is 26.2 Å². The van der Waals surface area contributed by atoms with Crippen LogP contribution in [0.4, 0.5) is 4.79 Å². The summed E-state index contributed by atoms with van der Waals surface area (Å²) >= 11 is 0. The summed E-state index contributed by atoms with van der Waals surface area (Å²) in [5.41, 5.74) is -0.549. The average molecular weight is 353 g/mol. The van der Waals surface area contributed by atoms with E-state index in [1.807, 2.05) is 12.1 Å². The first kappa shape index (κ1) is 21.0. The maximum absolute atomic E-state index is 12.0. The molecule has 0 bridgehead atoms. The number of carbonyl (C=O) groups excluding carboxylic acids is 2. The summed E-state index contributed by atoms with van der Waals surface area (Å²) in [5, 5.41) is 5.49. The fourth-order valence-corrected chi connectivity index (χ4v) is 2.45. The highest BCUT2D eigenvalue weighted by Crippen LogP contribution is 2.20.